The van der Waals surface area contributed by atoms with Crippen LogP contribution in [0.25, 0.3) is 11.4 Å². The minimum atomic E-state index is 0.129. The second-order valence-corrected chi connectivity index (χ2v) is 7.46. The number of nitrogens with two attached hydrogens (primary N) is 1. The van der Waals surface area contributed by atoms with Crippen LogP contribution < -0.4 is 5.73 Å². The third kappa shape index (κ3) is 5.31. The average molecular weight is 370 g/mol. The average Bonchev–Trinajstić information content (AvgIpc) is 3.32. The summed E-state index contributed by atoms with van der Waals surface area (Å²) in [5.41, 5.74) is 8.00. The highest BCUT2D eigenvalue weighted by atomic mass is 16.5. The molecule has 1 aromatic carbocycles. The van der Waals surface area contributed by atoms with E-state index in [1.807, 2.05) is 11.0 Å². The minimum Gasteiger partial charge on any atom is -0.370 e. The summed E-state index contributed by atoms with van der Waals surface area (Å²) < 4.78 is 5.48. The normalized spacial score (nSPS) is 16.8. The van der Waals surface area contributed by atoms with Crippen LogP contribution in [0.15, 0.2) is 28.8 Å². The van der Waals surface area contributed by atoms with Gasteiger partial charge in [-0.1, -0.05) is 56.0 Å². The summed E-state index contributed by atoms with van der Waals surface area (Å²) in [5.74, 6) is 1.39. The topological polar surface area (TPSA) is 92.0 Å². The lowest BCUT2D eigenvalue weighted by atomic mass is 10.0. The van der Waals surface area contributed by atoms with Gasteiger partial charge in [-0.2, -0.15) is 4.98 Å². The van der Waals surface area contributed by atoms with Crippen molar-refractivity contribution in [1.29, 1.82) is 5.41 Å². The lowest BCUT2D eigenvalue weighted by Crippen LogP contribution is -2.41. The standard InChI is InChI=1S/C21H31N5O/c1-2-3-4-5-6-9-16-10-7-11-17(14-16)20-24-19(27-25-20)15-18-12-8-13-26(18)21(22)23/h7,10-11,14,18H,2-6,8-9,12-13,15H2,1H3,(H3,22,23)/t18-/m0/s1. The number of likely N-dealkylation sites (tertiary alicyclic amines) is 1. The summed E-state index contributed by atoms with van der Waals surface area (Å²) in [5, 5.41) is 11.9. The molecule has 0 unspecified atom stereocenters. The Morgan fingerprint density at radius 1 is 1.30 bits per heavy atom. The first kappa shape index (κ1) is 19.4. The van der Waals surface area contributed by atoms with Gasteiger partial charge in [-0.15, -0.1) is 0 Å². The molecule has 146 valence electrons. The zero-order chi connectivity index (χ0) is 19.1. The van der Waals surface area contributed by atoms with E-state index >= 15 is 0 Å². The highest BCUT2D eigenvalue weighted by Gasteiger charge is 2.27. The molecular weight excluding hydrogens is 338 g/mol. The van der Waals surface area contributed by atoms with E-state index in [1.165, 1.54) is 37.7 Å². The van der Waals surface area contributed by atoms with Gasteiger partial charge in [0.1, 0.15) is 0 Å². The Hall–Kier alpha value is -2.37. The highest BCUT2D eigenvalue weighted by molar-refractivity contribution is 5.75. The van der Waals surface area contributed by atoms with E-state index in [2.05, 4.69) is 35.3 Å². The van der Waals surface area contributed by atoms with Crippen LogP contribution in [-0.4, -0.2) is 33.6 Å². The van der Waals surface area contributed by atoms with Crippen molar-refractivity contribution in [2.45, 2.75) is 70.8 Å². The molecule has 1 aliphatic heterocycles. The van der Waals surface area contributed by atoms with Crippen LogP contribution in [0.5, 0.6) is 0 Å². The summed E-state index contributed by atoms with van der Waals surface area (Å²) in [6.07, 6.45) is 10.2. The van der Waals surface area contributed by atoms with Gasteiger partial charge in [0.25, 0.3) is 0 Å². The number of nitrogens with one attached hydrogen (secondary N) is 1. The first-order chi connectivity index (χ1) is 13.2. The lowest BCUT2D eigenvalue weighted by Gasteiger charge is -2.23. The van der Waals surface area contributed by atoms with E-state index in [1.54, 1.807) is 0 Å². The maximum Gasteiger partial charge on any atom is 0.229 e. The van der Waals surface area contributed by atoms with Gasteiger partial charge in [0.05, 0.1) is 0 Å². The van der Waals surface area contributed by atoms with Crippen molar-refractivity contribution in [3.63, 3.8) is 0 Å². The number of hydrogen-bond donors (Lipinski definition) is 2. The predicted octanol–water partition coefficient (Wildman–Crippen LogP) is 4.15. The molecule has 2 aromatic rings. The molecule has 2 heterocycles. The van der Waals surface area contributed by atoms with Crippen LogP contribution in [0.3, 0.4) is 0 Å². The SMILES string of the molecule is CCCCCCCc1cccc(-c2noc(C[C@@H]3CCCN3C(=N)N)n2)c1. The van der Waals surface area contributed by atoms with Gasteiger partial charge in [-0.05, 0) is 37.3 Å². The van der Waals surface area contributed by atoms with Crippen LogP contribution in [0, 0.1) is 5.41 Å². The third-order valence-corrected chi connectivity index (χ3v) is 5.32. The Balaban J connectivity index is 1.59. The van der Waals surface area contributed by atoms with E-state index in [4.69, 9.17) is 15.7 Å². The highest BCUT2D eigenvalue weighted by Crippen LogP contribution is 2.23. The van der Waals surface area contributed by atoms with Crippen molar-refractivity contribution in [2.75, 3.05) is 6.54 Å². The van der Waals surface area contributed by atoms with Crippen molar-refractivity contribution in [1.82, 2.24) is 15.0 Å². The molecule has 27 heavy (non-hydrogen) atoms. The first-order valence-corrected chi connectivity index (χ1v) is 10.2. The molecule has 1 aromatic heterocycles. The second kappa shape index (κ2) is 9.53. The van der Waals surface area contributed by atoms with E-state index in [0.29, 0.717) is 18.1 Å². The molecule has 0 bridgehead atoms. The van der Waals surface area contributed by atoms with Crippen molar-refractivity contribution in [3.8, 4) is 11.4 Å². The van der Waals surface area contributed by atoms with Gasteiger partial charge in [-0.3, -0.25) is 5.41 Å². The number of rotatable bonds is 9. The monoisotopic (exact) mass is 369 g/mol. The van der Waals surface area contributed by atoms with E-state index in [9.17, 15) is 0 Å². The van der Waals surface area contributed by atoms with E-state index < -0.39 is 0 Å². The molecule has 0 amide bonds. The molecule has 1 saturated heterocycles. The van der Waals surface area contributed by atoms with Gasteiger partial charge < -0.3 is 15.2 Å². The van der Waals surface area contributed by atoms with Crippen molar-refractivity contribution < 1.29 is 4.52 Å². The number of unbranched alkanes of at least 4 members (excludes halogenated alkanes) is 4. The molecule has 1 fully saturated rings. The Labute approximate surface area is 161 Å². The zero-order valence-corrected chi connectivity index (χ0v) is 16.3. The Morgan fingerprint density at radius 3 is 2.96 bits per heavy atom. The van der Waals surface area contributed by atoms with Crippen molar-refractivity contribution in [3.05, 3.63) is 35.7 Å². The van der Waals surface area contributed by atoms with Gasteiger partial charge in [-0.25, -0.2) is 0 Å². The molecule has 0 saturated carbocycles. The number of aryl methyl sites for hydroxylation is 1. The van der Waals surface area contributed by atoms with Crippen molar-refractivity contribution in [2.24, 2.45) is 5.73 Å². The summed E-state index contributed by atoms with van der Waals surface area (Å²) in [6.45, 7) is 3.08. The smallest absolute Gasteiger partial charge is 0.229 e. The fourth-order valence-electron chi connectivity index (χ4n) is 3.82. The largest absolute Gasteiger partial charge is 0.370 e. The Kier molecular flexibility index (Phi) is 6.85. The summed E-state index contributed by atoms with van der Waals surface area (Å²) in [4.78, 5) is 6.50. The number of nitrogens with zero attached hydrogens (tertiary/aromatic N) is 3. The molecule has 0 radical (unpaired) electrons. The second-order valence-electron chi connectivity index (χ2n) is 7.46. The molecule has 3 rings (SSSR count). The van der Waals surface area contributed by atoms with Crippen LogP contribution in [0.1, 0.15) is 63.3 Å². The third-order valence-electron chi connectivity index (χ3n) is 5.32. The fraction of sp³-hybridized carbons (Fsp3) is 0.571. The molecule has 1 atom stereocenters. The summed E-state index contributed by atoms with van der Waals surface area (Å²) in [7, 11) is 0. The van der Waals surface area contributed by atoms with Gasteiger partial charge in [0, 0.05) is 24.6 Å². The summed E-state index contributed by atoms with van der Waals surface area (Å²) >= 11 is 0. The number of hydrogen-bond acceptors (Lipinski definition) is 4. The number of guanidine groups is 1. The van der Waals surface area contributed by atoms with Crippen LogP contribution in [0.4, 0.5) is 0 Å². The van der Waals surface area contributed by atoms with Crippen LogP contribution in [0.2, 0.25) is 0 Å². The predicted molar refractivity (Wildman–Crippen MR) is 108 cm³/mol. The maximum atomic E-state index is 7.68. The van der Waals surface area contributed by atoms with Gasteiger partial charge in [0.15, 0.2) is 5.96 Å². The number of benzene rings is 1. The summed E-state index contributed by atoms with van der Waals surface area (Å²) in [6, 6.07) is 8.64. The van der Waals surface area contributed by atoms with Crippen LogP contribution in [-0.2, 0) is 12.8 Å². The molecule has 0 aliphatic carbocycles. The van der Waals surface area contributed by atoms with Gasteiger partial charge in [0.2, 0.25) is 11.7 Å². The molecule has 6 nitrogen and oxygen atoms in total. The molecular formula is C21H31N5O. The molecule has 3 N–H and O–H groups in total. The van der Waals surface area contributed by atoms with E-state index in [-0.39, 0.29) is 12.0 Å². The first-order valence-electron chi connectivity index (χ1n) is 10.2. The van der Waals surface area contributed by atoms with E-state index in [0.717, 1.165) is 31.4 Å². The fourth-order valence-corrected chi connectivity index (χ4v) is 3.82. The maximum absolute atomic E-state index is 7.68. The molecule has 6 heteroatoms. The van der Waals surface area contributed by atoms with Gasteiger partial charge >= 0.3 is 0 Å². The Morgan fingerprint density at radius 2 is 2.15 bits per heavy atom. The van der Waals surface area contributed by atoms with Crippen LogP contribution >= 0.6 is 0 Å². The molecule has 1 aliphatic rings. The minimum absolute atomic E-state index is 0.129. The zero-order valence-electron chi connectivity index (χ0n) is 16.3. The number of aromatic nitrogens is 2. The van der Waals surface area contributed by atoms with Crippen molar-refractivity contribution >= 4 is 5.96 Å². The Bertz CT molecular complexity index is 742. The lowest BCUT2D eigenvalue weighted by molar-refractivity contribution is 0.320. The quantitative estimate of drug-likeness (QED) is 0.393. The molecule has 0 spiro atoms.